The van der Waals surface area contributed by atoms with Crippen molar-refractivity contribution < 1.29 is 21.8 Å². The van der Waals surface area contributed by atoms with Gasteiger partial charge in [-0.1, -0.05) is 18.2 Å². The summed E-state index contributed by atoms with van der Waals surface area (Å²) < 4.78 is 43.8. The zero-order chi connectivity index (χ0) is 23.3. The van der Waals surface area contributed by atoms with Crippen molar-refractivity contribution in [2.45, 2.75) is 4.90 Å². The van der Waals surface area contributed by atoms with Gasteiger partial charge < -0.3 is 9.50 Å². The van der Waals surface area contributed by atoms with Crippen LogP contribution in [0.15, 0.2) is 86.1 Å². The molecule has 1 N–H and O–H groups in total. The van der Waals surface area contributed by atoms with Crippen molar-refractivity contribution in [3.8, 4) is 11.8 Å². The van der Waals surface area contributed by atoms with E-state index < -0.39 is 21.8 Å². The van der Waals surface area contributed by atoms with Gasteiger partial charge in [-0.2, -0.15) is 13.7 Å². The summed E-state index contributed by atoms with van der Waals surface area (Å²) in [7, 11) is -4.07. The SMILES string of the molecule is N#C/C(=C\c1cc(Br)c(OS(=O)(=O)c2ccccc2)c(Br)c1)C(=O)Nc1ccc(F)cc1. The van der Waals surface area contributed by atoms with Crippen molar-refractivity contribution in [2.24, 2.45) is 0 Å². The van der Waals surface area contributed by atoms with E-state index in [1.54, 1.807) is 18.2 Å². The minimum atomic E-state index is -4.07. The van der Waals surface area contributed by atoms with Crippen molar-refractivity contribution in [1.82, 2.24) is 0 Å². The van der Waals surface area contributed by atoms with Gasteiger partial charge >= 0.3 is 10.1 Å². The highest BCUT2D eigenvalue weighted by atomic mass is 79.9. The molecule has 0 aliphatic carbocycles. The van der Waals surface area contributed by atoms with Gasteiger partial charge in [0.05, 0.1) is 8.95 Å². The Hall–Kier alpha value is -3.00. The monoisotopic (exact) mass is 578 g/mol. The van der Waals surface area contributed by atoms with Crippen LogP contribution in [0.25, 0.3) is 6.08 Å². The third-order valence-corrected chi connectivity index (χ3v) is 6.44. The molecule has 1 amide bonds. The fourth-order valence-electron chi connectivity index (χ4n) is 2.53. The molecule has 0 heterocycles. The summed E-state index contributed by atoms with van der Waals surface area (Å²) in [5.74, 6) is -1.12. The zero-order valence-corrected chi connectivity index (χ0v) is 20.0. The molecule has 0 aliphatic heterocycles. The second-order valence-electron chi connectivity index (χ2n) is 6.30. The molecule has 0 aromatic heterocycles. The first kappa shape index (κ1) is 23.7. The van der Waals surface area contributed by atoms with Crippen LogP contribution in [0.3, 0.4) is 0 Å². The first-order valence-corrected chi connectivity index (χ1v) is 11.9. The van der Waals surface area contributed by atoms with Gasteiger partial charge in [0.1, 0.15) is 22.4 Å². The molecular weight excluding hydrogens is 567 g/mol. The fraction of sp³-hybridized carbons (Fsp3) is 0. The lowest BCUT2D eigenvalue weighted by atomic mass is 10.1. The van der Waals surface area contributed by atoms with Gasteiger partial charge in [0, 0.05) is 5.69 Å². The quantitative estimate of drug-likeness (QED) is 0.231. The van der Waals surface area contributed by atoms with E-state index in [0.717, 1.165) is 0 Å². The highest BCUT2D eigenvalue weighted by Crippen LogP contribution is 2.37. The Morgan fingerprint density at radius 3 is 2.19 bits per heavy atom. The van der Waals surface area contributed by atoms with Gasteiger partial charge in [0.25, 0.3) is 5.91 Å². The third kappa shape index (κ3) is 5.82. The summed E-state index contributed by atoms with van der Waals surface area (Å²) >= 11 is 6.53. The summed E-state index contributed by atoms with van der Waals surface area (Å²) in [6, 6.07) is 17.6. The van der Waals surface area contributed by atoms with Gasteiger partial charge in [-0.3, -0.25) is 4.79 Å². The van der Waals surface area contributed by atoms with Crippen LogP contribution < -0.4 is 9.50 Å². The smallest absolute Gasteiger partial charge is 0.339 e. The minimum absolute atomic E-state index is 0.00740. The van der Waals surface area contributed by atoms with Gasteiger partial charge in [0.15, 0.2) is 5.75 Å². The van der Waals surface area contributed by atoms with Crippen LogP contribution in [0, 0.1) is 17.1 Å². The highest BCUT2D eigenvalue weighted by molar-refractivity contribution is 9.11. The van der Waals surface area contributed by atoms with Crippen LogP contribution in [0.4, 0.5) is 10.1 Å². The number of nitriles is 1. The number of carbonyl (C=O) groups is 1. The lowest BCUT2D eigenvalue weighted by molar-refractivity contribution is -0.112. The Kier molecular flexibility index (Phi) is 7.45. The van der Waals surface area contributed by atoms with Crippen LogP contribution in [0.1, 0.15) is 5.56 Å². The second kappa shape index (κ2) is 10.1. The maximum absolute atomic E-state index is 13.0. The largest absolute Gasteiger partial charge is 0.377 e. The number of hydrogen-bond donors (Lipinski definition) is 1. The molecule has 3 aromatic carbocycles. The number of rotatable bonds is 6. The first-order chi connectivity index (χ1) is 15.2. The van der Waals surface area contributed by atoms with Gasteiger partial charge in [-0.25, -0.2) is 4.39 Å². The molecule has 10 heteroatoms. The van der Waals surface area contributed by atoms with Crippen LogP contribution in [0.5, 0.6) is 5.75 Å². The summed E-state index contributed by atoms with van der Waals surface area (Å²) in [6.07, 6.45) is 1.32. The molecule has 6 nitrogen and oxygen atoms in total. The van der Waals surface area contributed by atoms with E-state index in [-0.39, 0.29) is 25.2 Å². The topological polar surface area (TPSA) is 96.3 Å². The van der Waals surface area contributed by atoms with Gasteiger partial charge in [0.2, 0.25) is 0 Å². The molecule has 0 atom stereocenters. The molecule has 0 radical (unpaired) electrons. The summed E-state index contributed by atoms with van der Waals surface area (Å²) in [5, 5.41) is 11.9. The average molecular weight is 580 g/mol. The van der Waals surface area contributed by atoms with Crippen molar-refractivity contribution in [3.05, 3.63) is 92.6 Å². The number of carbonyl (C=O) groups excluding carboxylic acids is 1. The Bertz CT molecular complexity index is 1310. The first-order valence-electron chi connectivity index (χ1n) is 8.87. The molecule has 0 spiro atoms. The fourth-order valence-corrected chi connectivity index (χ4v) is 5.12. The summed E-state index contributed by atoms with van der Waals surface area (Å²) in [4.78, 5) is 12.4. The van der Waals surface area contributed by atoms with E-state index >= 15 is 0 Å². The minimum Gasteiger partial charge on any atom is -0.377 e. The maximum Gasteiger partial charge on any atom is 0.339 e. The second-order valence-corrected chi connectivity index (χ2v) is 9.55. The number of nitrogens with one attached hydrogen (secondary N) is 1. The average Bonchev–Trinajstić information content (AvgIpc) is 2.77. The van der Waals surface area contributed by atoms with Gasteiger partial charge in [-0.05, 0) is 92.0 Å². The number of amides is 1. The predicted octanol–water partition coefficient (Wildman–Crippen LogP) is 5.66. The van der Waals surface area contributed by atoms with E-state index in [1.807, 2.05) is 6.07 Å². The van der Waals surface area contributed by atoms with E-state index in [9.17, 15) is 22.9 Å². The molecule has 0 saturated heterocycles. The van der Waals surface area contributed by atoms with Crippen molar-refractivity contribution in [2.75, 3.05) is 5.32 Å². The summed E-state index contributed by atoms with van der Waals surface area (Å²) in [6.45, 7) is 0. The van der Waals surface area contributed by atoms with Crippen molar-refractivity contribution >= 4 is 59.6 Å². The molecular formula is C22H13Br2FN2O4S. The van der Waals surface area contributed by atoms with Crippen molar-refractivity contribution in [1.29, 1.82) is 5.26 Å². The van der Waals surface area contributed by atoms with E-state index in [2.05, 4.69) is 37.2 Å². The Balaban J connectivity index is 1.86. The Morgan fingerprint density at radius 2 is 1.62 bits per heavy atom. The number of nitrogens with zero attached hydrogens (tertiary/aromatic N) is 1. The Morgan fingerprint density at radius 1 is 1.03 bits per heavy atom. The molecule has 0 aliphatic rings. The lowest BCUT2D eigenvalue weighted by Gasteiger charge is -2.11. The molecule has 162 valence electrons. The lowest BCUT2D eigenvalue weighted by Crippen LogP contribution is -2.13. The molecule has 32 heavy (non-hydrogen) atoms. The van der Waals surface area contributed by atoms with Crippen LogP contribution in [-0.4, -0.2) is 14.3 Å². The molecule has 3 aromatic rings. The van der Waals surface area contributed by atoms with Crippen LogP contribution >= 0.6 is 31.9 Å². The number of anilines is 1. The van der Waals surface area contributed by atoms with Crippen LogP contribution in [0.2, 0.25) is 0 Å². The number of hydrogen-bond acceptors (Lipinski definition) is 5. The van der Waals surface area contributed by atoms with Crippen LogP contribution in [-0.2, 0) is 14.9 Å². The Labute approximate surface area is 200 Å². The number of halogens is 3. The standard InChI is InChI=1S/C22H13Br2FN2O4S/c23-19-11-14(10-15(13-26)22(28)27-17-8-6-16(25)7-9-17)12-20(24)21(19)31-32(29,30)18-4-2-1-3-5-18/h1-12H,(H,27,28)/b15-10+. The highest BCUT2D eigenvalue weighted by Gasteiger charge is 2.20. The molecule has 0 fully saturated rings. The molecule has 0 bridgehead atoms. The normalized spacial score (nSPS) is 11.5. The predicted molar refractivity (Wildman–Crippen MR) is 125 cm³/mol. The maximum atomic E-state index is 13.0. The summed E-state index contributed by atoms with van der Waals surface area (Å²) in [5.41, 5.74) is 0.549. The number of benzene rings is 3. The van der Waals surface area contributed by atoms with Gasteiger partial charge in [-0.15, -0.1) is 0 Å². The van der Waals surface area contributed by atoms with Crippen molar-refractivity contribution in [3.63, 3.8) is 0 Å². The molecule has 3 rings (SSSR count). The molecule has 0 unspecified atom stereocenters. The molecule has 0 saturated carbocycles. The third-order valence-electron chi connectivity index (χ3n) is 4.02. The van der Waals surface area contributed by atoms with E-state index in [1.165, 1.54) is 54.6 Å². The zero-order valence-electron chi connectivity index (χ0n) is 16.1. The van der Waals surface area contributed by atoms with E-state index in [4.69, 9.17) is 4.18 Å². The van der Waals surface area contributed by atoms with E-state index in [0.29, 0.717) is 11.3 Å².